The van der Waals surface area contributed by atoms with E-state index in [1.807, 2.05) is 0 Å². The third-order valence-corrected chi connectivity index (χ3v) is 2.03. The zero-order chi connectivity index (χ0) is 8.27. The lowest BCUT2D eigenvalue weighted by atomic mass is 10.2. The quantitative estimate of drug-likeness (QED) is 0.593. The highest BCUT2D eigenvalue weighted by Gasteiger charge is 2.27. The van der Waals surface area contributed by atoms with Gasteiger partial charge in [0.15, 0.2) is 0 Å². The minimum Gasteiger partial charge on any atom is -0.336 e. The zero-order valence-electron chi connectivity index (χ0n) is 6.84. The minimum atomic E-state index is 0.0299. The van der Waals surface area contributed by atoms with Gasteiger partial charge in [0.1, 0.15) is 0 Å². The summed E-state index contributed by atoms with van der Waals surface area (Å²) in [5, 5.41) is 2.79. The SMILES string of the molecule is CCC1CNC(=O)N1CCN. The van der Waals surface area contributed by atoms with Gasteiger partial charge in [-0.15, -0.1) is 0 Å². The molecule has 1 aliphatic rings. The van der Waals surface area contributed by atoms with Gasteiger partial charge >= 0.3 is 6.03 Å². The van der Waals surface area contributed by atoms with Crippen LogP contribution in [0.5, 0.6) is 0 Å². The molecule has 11 heavy (non-hydrogen) atoms. The second kappa shape index (κ2) is 3.57. The molecule has 0 bridgehead atoms. The highest BCUT2D eigenvalue weighted by atomic mass is 16.2. The molecular formula is C7H15N3O. The number of nitrogens with two attached hydrogens (primary N) is 1. The van der Waals surface area contributed by atoms with Gasteiger partial charge in [0, 0.05) is 19.6 Å². The molecule has 0 radical (unpaired) electrons. The third-order valence-electron chi connectivity index (χ3n) is 2.03. The maximum Gasteiger partial charge on any atom is 0.317 e. The Labute approximate surface area is 66.7 Å². The monoisotopic (exact) mass is 157 g/mol. The Hall–Kier alpha value is -0.770. The summed E-state index contributed by atoms with van der Waals surface area (Å²) < 4.78 is 0. The number of amides is 2. The molecule has 64 valence electrons. The average molecular weight is 157 g/mol. The van der Waals surface area contributed by atoms with E-state index in [1.165, 1.54) is 0 Å². The number of hydrogen-bond acceptors (Lipinski definition) is 2. The summed E-state index contributed by atoms with van der Waals surface area (Å²) in [5.74, 6) is 0. The Morgan fingerprint density at radius 1 is 1.82 bits per heavy atom. The molecule has 1 atom stereocenters. The summed E-state index contributed by atoms with van der Waals surface area (Å²) in [5.41, 5.74) is 5.37. The van der Waals surface area contributed by atoms with E-state index in [2.05, 4.69) is 12.2 Å². The Balaban J connectivity index is 2.49. The van der Waals surface area contributed by atoms with E-state index >= 15 is 0 Å². The largest absolute Gasteiger partial charge is 0.336 e. The lowest BCUT2D eigenvalue weighted by molar-refractivity contribution is 0.204. The van der Waals surface area contributed by atoms with Crippen molar-refractivity contribution < 1.29 is 4.79 Å². The standard InChI is InChI=1S/C7H15N3O/c1-2-6-5-9-7(11)10(6)4-3-8/h6H,2-5,8H2,1H3,(H,9,11). The van der Waals surface area contributed by atoms with Crippen molar-refractivity contribution in [1.82, 2.24) is 10.2 Å². The van der Waals surface area contributed by atoms with Crippen LogP contribution in [0.3, 0.4) is 0 Å². The van der Waals surface area contributed by atoms with E-state index in [1.54, 1.807) is 4.90 Å². The van der Waals surface area contributed by atoms with Gasteiger partial charge in [0.05, 0.1) is 6.04 Å². The van der Waals surface area contributed by atoms with Crippen molar-refractivity contribution in [1.29, 1.82) is 0 Å². The van der Waals surface area contributed by atoms with E-state index in [4.69, 9.17) is 5.73 Å². The maximum atomic E-state index is 11.1. The van der Waals surface area contributed by atoms with Gasteiger partial charge in [0.2, 0.25) is 0 Å². The highest BCUT2D eigenvalue weighted by molar-refractivity contribution is 5.76. The number of carbonyl (C=O) groups is 1. The molecule has 1 unspecified atom stereocenters. The van der Waals surface area contributed by atoms with Crippen LogP contribution < -0.4 is 11.1 Å². The van der Waals surface area contributed by atoms with E-state index in [-0.39, 0.29) is 6.03 Å². The fraction of sp³-hybridized carbons (Fsp3) is 0.857. The first-order valence-corrected chi connectivity index (χ1v) is 4.04. The smallest absolute Gasteiger partial charge is 0.317 e. The minimum absolute atomic E-state index is 0.0299. The molecule has 2 amide bonds. The Morgan fingerprint density at radius 3 is 3.09 bits per heavy atom. The fourth-order valence-corrected chi connectivity index (χ4v) is 1.37. The molecule has 1 fully saturated rings. The van der Waals surface area contributed by atoms with E-state index < -0.39 is 0 Å². The van der Waals surface area contributed by atoms with Gasteiger partial charge in [-0.3, -0.25) is 0 Å². The number of urea groups is 1. The lowest BCUT2D eigenvalue weighted by Gasteiger charge is -2.20. The first-order valence-electron chi connectivity index (χ1n) is 4.04. The maximum absolute atomic E-state index is 11.1. The van der Waals surface area contributed by atoms with Crippen LogP contribution in [0.25, 0.3) is 0 Å². The molecular weight excluding hydrogens is 142 g/mol. The van der Waals surface area contributed by atoms with Crippen LogP contribution in [-0.4, -0.2) is 36.6 Å². The Kier molecular flexibility index (Phi) is 2.70. The third kappa shape index (κ3) is 1.63. The highest BCUT2D eigenvalue weighted by Crippen LogP contribution is 2.08. The van der Waals surface area contributed by atoms with Crippen molar-refractivity contribution in [2.24, 2.45) is 5.73 Å². The van der Waals surface area contributed by atoms with Gasteiger partial charge in [-0.1, -0.05) is 6.92 Å². The van der Waals surface area contributed by atoms with Crippen LogP contribution in [-0.2, 0) is 0 Å². The van der Waals surface area contributed by atoms with Crippen molar-refractivity contribution in [3.63, 3.8) is 0 Å². The Morgan fingerprint density at radius 2 is 2.55 bits per heavy atom. The summed E-state index contributed by atoms with van der Waals surface area (Å²) in [4.78, 5) is 12.9. The van der Waals surface area contributed by atoms with E-state index in [9.17, 15) is 4.79 Å². The molecule has 0 aromatic rings. The summed E-state index contributed by atoms with van der Waals surface area (Å²) in [6, 6.07) is 0.383. The number of rotatable bonds is 3. The van der Waals surface area contributed by atoms with Crippen molar-refractivity contribution in [2.75, 3.05) is 19.6 Å². The molecule has 0 aliphatic carbocycles. The van der Waals surface area contributed by atoms with E-state index in [0.717, 1.165) is 13.0 Å². The van der Waals surface area contributed by atoms with Crippen molar-refractivity contribution in [2.45, 2.75) is 19.4 Å². The van der Waals surface area contributed by atoms with Gasteiger partial charge in [-0.25, -0.2) is 4.79 Å². The molecule has 0 spiro atoms. The summed E-state index contributed by atoms with van der Waals surface area (Å²) in [6.45, 7) is 4.07. The second-order valence-corrected chi connectivity index (χ2v) is 2.73. The normalized spacial score (nSPS) is 24.0. The average Bonchev–Trinajstić information content (AvgIpc) is 2.34. The number of carbonyl (C=O) groups excluding carboxylic acids is 1. The molecule has 1 aliphatic heterocycles. The number of nitrogens with zero attached hydrogens (tertiary/aromatic N) is 1. The first kappa shape index (κ1) is 8.33. The van der Waals surface area contributed by atoms with Crippen LogP contribution in [0.2, 0.25) is 0 Å². The molecule has 0 saturated carbocycles. The molecule has 1 heterocycles. The molecule has 4 nitrogen and oxygen atoms in total. The number of hydrogen-bond donors (Lipinski definition) is 2. The zero-order valence-corrected chi connectivity index (χ0v) is 6.84. The number of nitrogens with one attached hydrogen (secondary N) is 1. The molecule has 1 saturated heterocycles. The van der Waals surface area contributed by atoms with Gasteiger partial charge in [0.25, 0.3) is 0 Å². The van der Waals surface area contributed by atoms with Gasteiger partial charge < -0.3 is 16.0 Å². The Bertz CT molecular complexity index is 149. The molecule has 0 aromatic carbocycles. The predicted molar refractivity (Wildman–Crippen MR) is 43.2 cm³/mol. The van der Waals surface area contributed by atoms with Crippen LogP contribution in [0.4, 0.5) is 4.79 Å². The summed E-state index contributed by atoms with van der Waals surface area (Å²) in [7, 11) is 0. The summed E-state index contributed by atoms with van der Waals surface area (Å²) in [6.07, 6.45) is 0.999. The van der Waals surface area contributed by atoms with Gasteiger partial charge in [-0.05, 0) is 6.42 Å². The topological polar surface area (TPSA) is 58.4 Å². The van der Waals surface area contributed by atoms with Crippen molar-refractivity contribution >= 4 is 6.03 Å². The fourth-order valence-electron chi connectivity index (χ4n) is 1.37. The molecule has 3 N–H and O–H groups in total. The molecule has 0 aromatic heterocycles. The first-order chi connectivity index (χ1) is 5.29. The van der Waals surface area contributed by atoms with E-state index in [0.29, 0.717) is 19.1 Å². The lowest BCUT2D eigenvalue weighted by Crippen LogP contribution is -2.37. The van der Waals surface area contributed by atoms with Crippen molar-refractivity contribution in [3.8, 4) is 0 Å². The molecule has 4 heteroatoms. The molecule has 1 rings (SSSR count). The van der Waals surface area contributed by atoms with Gasteiger partial charge in [-0.2, -0.15) is 0 Å². The predicted octanol–water partition coefficient (Wildman–Crippen LogP) is -0.251. The van der Waals surface area contributed by atoms with Crippen LogP contribution in [0.15, 0.2) is 0 Å². The van der Waals surface area contributed by atoms with Crippen LogP contribution >= 0.6 is 0 Å². The second-order valence-electron chi connectivity index (χ2n) is 2.73. The van der Waals surface area contributed by atoms with Crippen LogP contribution in [0.1, 0.15) is 13.3 Å². The van der Waals surface area contributed by atoms with Crippen LogP contribution in [0, 0.1) is 0 Å². The summed E-state index contributed by atoms with van der Waals surface area (Å²) >= 11 is 0. The van der Waals surface area contributed by atoms with Crippen molar-refractivity contribution in [3.05, 3.63) is 0 Å².